The summed E-state index contributed by atoms with van der Waals surface area (Å²) < 4.78 is 5.12. The van der Waals surface area contributed by atoms with Crippen molar-refractivity contribution in [1.29, 1.82) is 0 Å². The van der Waals surface area contributed by atoms with Gasteiger partial charge in [0.15, 0.2) is 0 Å². The van der Waals surface area contributed by atoms with Gasteiger partial charge in [0.05, 0.1) is 6.61 Å². The molecule has 0 amide bonds. The SMILES string of the molecule is COCc1ccccc1CNCCCC(=O)O. The summed E-state index contributed by atoms with van der Waals surface area (Å²) in [4.78, 5) is 10.3. The molecule has 0 bridgehead atoms. The van der Waals surface area contributed by atoms with Crippen LogP contribution in [0.3, 0.4) is 0 Å². The van der Waals surface area contributed by atoms with Crippen LogP contribution >= 0.6 is 0 Å². The van der Waals surface area contributed by atoms with E-state index in [1.807, 2.05) is 18.2 Å². The molecule has 1 aromatic carbocycles. The Hall–Kier alpha value is -1.39. The molecular formula is C13H19NO3. The van der Waals surface area contributed by atoms with Crippen LogP contribution in [0.2, 0.25) is 0 Å². The molecule has 0 radical (unpaired) electrons. The first kappa shape index (κ1) is 13.7. The van der Waals surface area contributed by atoms with Crippen LogP contribution in [-0.2, 0) is 22.7 Å². The topological polar surface area (TPSA) is 58.6 Å². The van der Waals surface area contributed by atoms with Crippen molar-refractivity contribution >= 4 is 5.97 Å². The fourth-order valence-corrected chi connectivity index (χ4v) is 1.61. The molecule has 0 unspecified atom stereocenters. The molecule has 1 aromatic rings. The standard InChI is InChI=1S/C13H19NO3/c1-17-10-12-6-3-2-5-11(12)9-14-8-4-7-13(15)16/h2-3,5-6,14H,4,7-10H2,1H3,(H,15,16). The van der Waals surface area contributed by atoms with E-state index in [-0.39, 0.29) is 6.42 Å². The van der Waals surface area contributed by atoms with Crippen LogP contribution in [0.4, 0.5) is 0 Å². The van der Waals surface area contributed by atoms with Crippen LogP contribution in [0.1, 0.15) is 24.0 Å². The molecule has 0 heterocycles. The van der Waals surface area contributed by atoms with Gasteiger partial charge in [-0.15, -0.1) is 0 Å². The van der Waals surface area contributed by atoms with Gasteiger partial charge in [-0.1, -0.05) is 24.3 Å². The van der Waals surface area contributed by atoms with Crippen molar-refractivity contribution in [3.63, 3.8) is 0 Å². The Labute approximate surface area is 102 Å². The number of carboxylic acid groups (broad SMARTS) is 1. The van der Waals surface area contributed by atoms with E-state index in [0.717, 1.165) is 6.54 Å². The first-order valence-corrected chi connectivity index (χ1v) is 5.72. The quantitative estimate of drug-likeness (QED) is 0.677. The van der Waals surface area contributed by atoms with Crippen LogP contribution in [0.15, 0.2) is 24.3 Å². The van der Waals surface area contributed by atoms with Crippen molar-refractivity contribution in [3.05, 3.63) is 35.4 Å². The molecule has 0 aliphatic rings. The average molecular weight is 237 g/mol. The van der Waals surface area contributed by atoms with Crippen molar-refractivity contribution in [2.45, 2.75) is 26.0 Å². The molecule has 0 aliphatic carbocycles. The lowest BCUT2D eigenvalue weighted by atomic mass is 10.1. The summed E-state index contributed by atoms with van der Waals surface area (Å²) in [5, 5.41) is 11.7. The summed E-state index contributed by atoms with van der Waals surface area (Å²) in [5.41, 5.74) is 2.37. The minimum absolute atomic E-state index is 0.215. The van der Waals surface area contributed by atoms with Gasteiger partial charge >= 0.3 is 5.97 Å². The van der Waals surface area contributed by atoms with Crippen molar-refractivity contribution in [1.82, 2.24) is 5.32 Å². The normalized spacial score (nSPS) is 10.4. The molecule has 2 N–H and O–H groups in total. The van der Waals surface area contributed by atoms with E-state index in [1.165, 1.54) is 11.1 Å². The van der Waals surface area contributed by atoms with Crippen LogP contribution in [0, 0.1) is 0 Å². The van der Waals surface area contributed by atoms with Gasteiger partial charge in [0.2, 0.25) is 0 Å². The Kier molecular flexibility index (Phi) is 6.29. The summed E-state index contributed by atoms with van der Waals surface area (Å²) in [6.07, 6.45) is 0.870. The number of aliphatic carboxylic acids is 1. The maximum atomic E-state index is 10.3. The smallest absolute Gasteiger partial charge is 0.303 e. The summed E-state index contributed by atoms with van der Waals surface area (Å²) in [7, 11) is 1.68. The van der Waals surface area contributed by atoms with E-state index in [9.17, 15) is 4.79 Å². The van der Waals surface area contributed by atoms with E-state index in [0.29, 0.717) is 19.6 Å². The van der Waals surface area contributed by atoms with E-state index >= 15 is 0 Å². The van der Waals surface area contributed by atoms with Crippen LogP contribution < -0.4 is 5.32 Å². The zero-order valence-electron chi connectivity index (χ0n) is 10.1. The number of methoxy groups -OCH3 is 1. The molecule has 4 nitrogen and oxygen atoms in total. The van der Waals surface area contributed by atoms with Crippen LogP contribution in [0.25, 0.3) is 0 Å². The second kappa shape index (κ2) is 7.81. The Balaban J connectivity index is 2.33. The second-order valence-electron chi connectivity index (χ2n) is 3.88. The molecule has 0 spiro atoms. The number of nitrogens with one attached hydrogen (secondary N) is 1. The predicted molar refractivity (Wildman–Crippen MR) is 65.7 cm³/mol. The molecule has 0 fully saturated rings. The third kappa shape index (κ3) is 5.47. The monoisotopic (exact) mass is 237 g/mol. The van der Waals surface area contributed by atoms with Gasteiger partial charge in [-0.05, 0) is 24.1 Å². The molecule has 0 aromatic heterocycles. The van der Waals surface area contributed by atoms with Crippen LogP contribution in [0.5, 0.6) is 0 Å². The fourth-order valence-electron chi connectivity index (χ4n) is 1.61. The van der Waals surface area contributed by atoms with Gasteiger partial charge in [-0.3, -0.25) is 4.79 Å². The lowest BCUT2D eigenvalue weighted by Crippen LogP contribution is -2.16. The van der Waals surface area contributed by atoms with E-state index in [1.54, 1.807) is 7.11 Å². The van der Waals surface area contributed by atoms with Gasteiger partial charge in [-0.2, -0.15) is 0 Å². The highest BCUT2D eigenvalue weighted by atomic mass is 16.5. The Morgan fingerprint density at radius 1 is 1.35 bits per heavy atom. The summed E-state index contributed by atoms with van der Waals surface area (Å²) in [5.74, 6) is -0.744. The van der Waals surface area contributed by atoms with Gasteiger partial charge in [0.25, 0.3) is 0 Å². The summed E-state index contributed by atoms with van der Waals surface area (Å²) in [6, 6.07) is 8.08. The lowest BCUT2D eigenvalue weighted by molar-refractivity contribution is -0.137. The minimum atomic E-state index is -0.744. The molecule has 17 heavy (non-hydrogen) atoms. The third-order valence-corrected chi connectivity index (χ3v) is 2.48. The highest BCUT2D eigenvalue weighted by Gasteiger charge is 2.01. The fraction of sp³-hybridized carbons (Fsp3) is 0.462. The van der Waals surface area contributed by atoms with Gasteiger partial charge in [-0.25, -0.2) is 0 Å². The number of benzene rings is 1. The van der Waals surface area contributed by atoms with Gasteiger partial charge in [0, 0.05) is 20.1 Å². The molecule has 1 rings (SSSR count). The zero-order valence-corrected chi connectivity index (χ0v) is 10.1. The van der Waals surface area contributed by atoms with Crippen molar-refractivity contribution in [2.75, 3.05) is 13.7 Å². The van der Waals surface area contributed by atoms with Gasteiger partial charge < -0.3 is 15.2 Å². The van der Waals surface area contributed by atoms with E-state index in [2.05, 4.69) is 11.4 Å². The van der Waals surface area contributed by atoms with E-state index < -0.39 is 5.97 Å². The first-order chi connectivity index (χ1) is 8.24. The maximum Gasteiger partial charge on any atom is 0.303 e. The number of carbonyl (C=O) groups is 1. The summed E-state index contributed by atoms with van der Waals surface area (Å²) >= 11 is 0. The summed E-state index contributed by atoms with van der Waals surface area (Å²) in [6.45, 7) is 2.07. The van der Waals surface area contributed by atoms with Crippen molar-refractivity contribution < 1.29 is 14.6 Å². The van der Waals surface area contributed by atoms with Crippen molar-refractivity contribution in [2.24, 2.45) is 0 Å². The highest BCUT2D eigenvalue weighted by molar-refractivity contribution is 5.66. The van der Waals surface area contributed by atoms with Crippen molar-refractivity contribution in [3.8, 4) is 0 Å². The number of carboxylic acids is 1. The average Bonchev–Trinajstić information content (AvgIpc) is 2.31. The zero-order chi connectivity index (χ0) is 12.5. The number of hydrogen-bond acceptors (Lipinski definition) is 3. The molecular weight excluding hydrogens is 218 g/mol. The largest absolute Gasteiger partial charge is 0.481 e. The highest BCUT2D eigenvalue weighted by Crippen LogP contribution is 2.09. The van der Waals surface area contributed by atoms with E-state index in [4.69, 9.17) is 9.84 Å². The Morgan fingerprint density at radius 2 is 2.06 bits per heavy atom. The molecule has 0 aliphatic heterocycles. The third-order valence-electron chi connectivity index (χ3n) is 2.48. The maximum absolute atomic E-state index is 10.3. The first-order valence-electron chi connectivity index (χ1n) is 5.72. The molecule has 4 heteroatoms. The lowest BCUT2D eigenvalue weighted by Gasteiger charge is -2.09. The van der Waals surface area contributed by atoms with Crippen LogP contribution in [-0.4, -0.2) is 24.7 Å². The molecule has 0 saturated carbocycles. The Bertz CT molecular complexity index is 352. The molecule has 0 saturated heterocycles. The molecule has 94 valence electrons. The Morgan fingerprint density at radius 3 is 2.71 bits per heavy atom. The molecule has 0 atom stereocenters. The second-order valence-corrected chi connectivity index (χ2v) is 3.88. The number of hydrogen-bond donors (Lipinski definition) is 2. The number of rotatable bonds is 8. The number of ether oxygens (including phenoxy) is 1. The van der Waals surface area contributed by atoms with Gasteiger partial charge in [0.1, 0.15) is 0 Å². The minimum Gasteiger partial charge on any atom is -0.481 e. The predicted octanol–water partition coefficient (Wildman–Crippen LogP) is 1.79.